The van der Waals surface area contributed by atoms with Crippen molar-refractivity contribution >= 4 is 11.6 Å². The molecule has 1 aromatic rings. The molecule has 0 fully saturated rings. The monoisotopic (exact) mass is 257 g/mol. The first-order valence-corrected chi connectivity index (χ1v) is 6.07. The SMILES string of the molecule is C[C@H](NCC(C)(C)O)[C@@H](O)c1cccc(Cl)c1. The van der Waals surface area contributed by atoms with Gasteiger partial charge in [-0.25, -0.2) is 0 Å². The zero-order valence-electron chi connectivity index (χ0n) is 10.4. The van der Waals surface area contributed by atoms with Crippen molar-refractivity contribution in [1.82, 2.24) is 5.32 Å². The van der Waals surface area contributed by atoms with Gasteiger partial charge in [-0.15, -0.1) is 0 Å². The largest absolute Gasteiger partial charge is 0.389 e. The van der Waals surface area contributed by atoms with Gasteiger partial charge < -0.3 is 15.5 Å². The average molecular weight is 258 g/mol. The van der Waals surface area contributed by atoms with E-state index in [0.717, 1.165) is 5.56 Å². The fraction of sp³-hybridized carbons (Fsp3) is 0.538. The molecule has 0 saturated carbocycles. The van der Waals surface area contributed by atoms with Gasteiger partial charge in [0.25, 0.3) is 0 Å². The molecule has 0 heterocycles. The molecule has 0 aliphatic rings. The van der Waals surface area contributed by atoms with Gasteiger partial charge in [-0.2, -0.15) is 0 Å². The molecule has 0 aliphatic carbocycles. The summed E-state index contributed by atoms with van der Waals surface area (Å²) in [6.07, 6.45) is -0.643. The fourth-order valence-corrected chi connectivity index (χ4v) is 1.70. The molecule has 2 atom stereocenters. The van der Waals surface area contributed by atoms with Crippen molar-refractivity contribution < 1.29 is 10.2 Å². The standard InChI is InChI=1S/C13H20ClNO2/c1-9(15-8-13(2,3)17)12(16)10-5-4-6-11(14)7-10/h4-7,9,12,15-17H,8H2,1-3H3/t9-,12+/m0/s1. The molecule has 1 aromatic carbocycles. The van der Waals surface area contributed by atoms with Gasteiger partial charge in [-0.3, -0.25) is 0 Å². The van der Waals surface area contributed by atoms with E-state index in [1.807, 2.05) is 19.1 Å². The van der Waals surface area contributed by atoms with Gasteiger partial charge in [0, 0.05) is 17.6 Å². The highest BCUT2D eigenvalue weighted by Crippen LogP contribution is 2.20. The summed E-state index contributed by atoms with van der Waals surface area (Å²) in [6.45, 7) is 5.74. The summed E-state index contributed by atoms with van der Waals surface area (Å²) < 4.78 is 0. The Labute approximate surface area is 107 Å². The summed E-state index contributed by atoms with van der Waals surface area (Å²) in [5.74, 6) is 0. The molecule has 0 spiro atoms. The van der Waals surface area contributed by atoms with Crippen LogP contribution < -0.4 is 5.32 Å². The average Bonchev–Trinajstić information content (AvgIpc) is 2.24. The van der Waals surface area contributed by atoms with Crippen LogP contribution in [0, 0.1) is 0 Å². The number of benzene rings is 1. The first kappa shape index (κ1) is 14.5. The molecule has 0 saturated heterocycles. The molecule has 0 unspecified atom stereocenters. The van der Waals surface area contributed by atoms with Crippen LogP contribution in [-0.4, -0.2) is 28.4 Å². The maximum atomic E-state index is 10.1. The highest BCUT2D eigenvalue weighted by atomic mass is 35.5. The highest BCUT2D eigenvalue weighted by Gasteiger charge is 2.19. The Kier molecular flexibility index (Phi) is 4.95. The molecule has 96 valence electrons. The van der Waals surface area contributed by atoms with Crippen LogP contribution in [0.1, 0.15) is 32.4 Å². The second kappa shape index (κ2) is 5.83. The van der Waals surface area contributed by atoms with Crippen LogP contribution in [-0.2, 0) is 0 Å². The fourth-order valence-electron chi connectivity index (χ4n) is 1.50. The number of nitrogens with one attached hydrogen (secondary N) is 1. The minimum absolute atomic E-state index is 0.153. The Morgan fingerprint density at radius 2 is 2.06 bits per heavy atom. The van der Waals surface area contributed by atoms with Crippen molar-refractivity contribution in [2.75, 3.05) is 6.54 Å². The number of halogens is 1. The van der Waals surface area contributed by atoms with Crippen molar-refractivity contribution in [3.05, 3.63) is 34.9 Å². The summed E-state index contributed by atoms with van der Waals surface area (Å²) in [5.41, 5.74) is -0.0178. The van der Waals surface area contributed by atoms with Gasteiger partial charge in [0.05, 0.1) is 11.7 Å². The highest BCUT2D eigenvalue weighted by molar-refractivity contribution is 6.30. The zero-order valence-corrected chi connectivity index (χ0v) is 11.2. The maximum absolute atomic E-state index is 10.1. The Bertz CT molecular complexity index is 363. The molecular weight excluding hydrogens is 238 g/mol. The van der Waals surface area contributed by atoms with Gasteiger partial charge in [-0.05, 0) is 38.5 Å². The molecule has 0 amide bonds. The molecule has 4 heteroatoms. The molecule has 1 rings (SSSR count). The van der Waals surface area contributed by atoms with Crippen LogP contribution in [0.15, 0.2) is 24.3 Å². The number of hydrogen-bond acceptors (Lipinski definition) is 3. The van der Waals surface area contributed by atoms with E-state index < -0.39 is 11.7 Å². The van der Waals surface area contributed by atoms with Crippen LogP contribution in [0.5, 0.6) is 0 Å². The van der Waals surface area contributed by atoms with Gasteiger partial charge in [0.1, 0.15) is 0 Å². The lowest BCUT2D eigenvalue weighted by Gasteiger charge is -2.25. The third-order valence-corrected chi connectivity index (χ3v) is 2.76. The zero-order chi connectivity index (χ0) is 13.1. The quantitative estimate of drug-likeness (QED) is 0.757. The molecule has 0 radical (unpaired) electrons. The van der Waals surface area contributed by atoms with E-state index in [4.69, 9.17) is 11.6 Å². The molecule has 0 bridgehead atoms. The van der Waals surface area contributed by atoms with Crippen LogP contribution in [0.4, 0.5) is 0 Å². The van der Waals surface area contributed by atoms with E-state index in [1.54, 1.807) is 26.0 Å². The topological polar surface area (TPSA) is 52.5 Å². The molecule has 3 nitrogen and oxygen atoms in total. The van der Waals surface area contributed by atoms with Crippen molar-refractivity contribution in [2.45, 2.75) is 38.5 Å². The van der Waals surface area contributed by atoms with E-state index in [1.165, 1.54) is 0 Å². The second-order valence-electron chi connectivity index (χ2n) is 4.98. The smallest absolute Gasteiger partial charge is 0.0940 e. The van der Waals surface area contributed by atoms with Gasteiger partial charge in [0.2, 0.25) is 0 Å². The summed E-state index contributed by atoms with van der Waals surface area (Å²) in [4.78, 5) is 0. The number of rotatable bonds is 5. The Morgan fingerprint density at radius 3 is 2.59 bits per heavy atom. The molecule has 0 aliphatic heterocycles. The van der Waals surface area contributed by atoms with E-state index in [-0.39, 0.29) is 6.04 Å². The predicted octanol–water partition coefficient (Wildman–Crippen LogP) is 2.12. The first-order valence-electron chi connectivity index (χ1n) is 5.69. The summed E-state index contributed by atoms with van der Waals surface area (Å²) in [7, 11) is 0. The van der Waals surface area contributed by atoms with Crippen LogP contribution in [0.25, 0.3) is 0 Å². The Balaban J connectivity index is 2.60. The van der Waals surface area contributed by atoms with E-state index in [2.05, 4.69) is 5.32 Å². The summed E-state index contributed by atoms with van der Waals surface area (Å²) >= 11 is 5.87. The normalized spacial score (nSPS) is 15.6. The summed E-state index contributed by atoms with van der Waals surface area (Å²) in [5, 5.41) is 23.4. The van der Waals surface area contributed by atoms with E-state index in [9.17, 15) is 10.2 Å². The molecule has 0 aromatic heterocycles. The van der Waals surface area contributed by atoms with E-state index >= 15 is 0 Å². The third-order valence-electron chi connectivity index (χ3n) is 2.52. The maximum Gasteiger partial charge on any atom is 0.0940 e. The second-order valence-corrected chi connectivity index (χ2v) is 5.42. The van der Waals surface area contributed by atoms with Crippen LogP contribution >= 0.6 is 11.6 Å². The lowest BCUT2D eigenvalue weighted by atomic mass is 10.0. The first-order chi connectivity index (χ1) is 7.79. The number of aliphatic hydroxyl groups excluding tert-OH is 1. The van der Waals surface area contributed by atoms with Gasteiger partial charge in [0.15, 0.2) is 0 Å². The van der Waals surface area contributed by atoms with Crippen LogP contribution in [0.2, 0.25) is 5.02 Å². The Morgan fingerprint density at radius 1 is 1.41 bits per heavy atom. The van der Waals surface area contributed by atoms with Crippen molar-refractivity contribution in [1.29, 1.82) is 0 Å². The Hall–Kier alpha value is -0.610. The lowest BCUT2D eigenvalue weighted by Crippen LogP contribution is -2.41. The molecular formula is C13H20ClNO2. The molecule has 3 N–H and O–H groups in total. The predicted molar refractivity (Wildman–Crippen MR) is 70.2 cm³/mol. The van der Waals surface area contributed by atoms with Gasteiger partial charge in [-0.1, -0.05) is 23.7 Å². The number of aliphatic hydroxyl groups is 2. The van der Waals surface area contributed by atoms with Gasteiger partial charge >= 0.3 is 0 Å². The van der Waals surface area contributed by atoms with Crippen LogP contribution in [0.3, 0.4) is 0 Å². The number of hydrogen-bond donors (Lipinski definition) is 3. The van der Waals surface area contributed by atoms with Crippen molar-refractivity contribution in [2.24, 2.45) is 0 Å². The summed E-state index contributed by atoms with van der Waals surface area (Å²) in [6, 6.07) is 7.00. The van der Waals surface area contributed by atoms with Crippen molar-refractivity contribution in [3.63, 3.8) is 0 Å². The minimum Gasteiger partial charge on any atom is -0.389 e. The van der Waals surface area contributed by atoms with Crippen molar-refractivity contribution in [3.8, 4) is 0 Å². The molecule has 17 heavy (non-hydrogen) atoms. The third kappa shape index (κ3) is 5.04. The minimum atomic E-state index is -0.789. The van der Waals surface area contributed by atoms with E-state index in [0.29, 0.717) is 11.6 Å². The lowest BCUT2D eigenvalue weighted by molar-refractivity contribution is 0.0638.